The van der Waals surface area contributed by atoms with Gasteiger partial charge in [-0.1, -0.05) is 24.3 Å². The van der Waals surface area contributed by atoms with Gasteiger partial charge < -0.3 is 10.4 Å². The molecule has 4 heteroatoms. The van der Waals surface area contributed by atoms with Crippen LogP contribution < -0.4 is 5.32 Å². The predicted molar refractivity (Wildman–Crippen MR) is 66.2 cm³/mol. The van der Waals surface area contributed by atoms with Crippen molar-refractivity contribution in [3.63, 3.8) is 0 Å². The Hall–Kier alpha value is -2.28. The number of aliphatic carboxylic acids is 1. The van der Waals surface area contributed by atoms with Gasteiger partial charge in [0.15, 0.2) is 0 Å². The summed E-state index contributed by atoms with van der Waals surface area (Å²) in [6.07, 6.45) is 4.85. The van der Waals surface area contributed by atoms with Crippen molar-refractivity contribution in [2.45, 2.75) is 18.4 Å². The minimum Gasteiger partial charge on any atom is -0.480 e. The van der Waals surface area contributed by atoms with Crippen LogP contribution in [0.5, 0.6) is 0 Å². The molecule has 90 valence electrons. The second-order valence-electron chi connectivity index (χ2n) is 4.70. The molecule has 0 radical (unpaired) electrons. The van der Waals surface area contributed by atoms with Crippen molar-refractivity contribution in [1.82, 2.24) is 0 Å². The van der Waals surface area contributed by atoms with Gasteiger partial charge in [0, 0.05) is 11.8 Å². The third-order valence-electron chi connectivity index (χ3n) is 3.78. The van der Waals surface area contributed by atoms with Crippen LogP contribution in [0, 0.1) is 17.2 Å². The summed E-state index contributed by atoms with van der Waals surface area (Å²) in [5, 5.41) is 21.4. The van der Waals surface area contributed by atoms with E-state index in [0.717, 1.165) is 12.0 Å². The second-order valence-corrected chi connectivity index (χ2v) is 4.70. The molecular weight excluding hydrogens is 228 g/mol. The Labute approximate surface area is 105 Å². The number of para-hydroxylation sites is 1. The van der Waals surface area contributed by atoms with Crippen molar-refractivity contribution in [2.24, 2.45) is 5.92 Å². The number of hydrogen-bond acceptors (Lipinski definition) is 3. The number of hydrogen-bond donors (Lipinski definition) is 2. The first-order chi connectivity index (χ1) is 8.72. The van der Waals surface area contributed by atoms with Gasteiger partial charge in [-0.3, -0.25) is 0 Å². The normalized spacial score (nSPS) is 27.8. The molecule has 2 N–H and O–H groups in total. The number of nitrogens with one attached hydrogen (secondary N) is 1. The lowest BCUT2D eigenvalue weighted by Crippen LogP contribution is -2.42. The zero-order valence-electron chi connectivity index (χ0n) is 9.63. The molecule has 1 aliphatic carbocycles. The Morgan fingerprint density at radius 1 is 1.50 bits per heavy atom. The smallest absolute Gasteiger partial charge is 0.326 e. The van der Waals surface area contributed by atoms with Crippen LogP contribution in [0.15, 0.2) is 30.4 Å². The Balaban J connectivity index is 2.15. The minimum atomic E-state index is -0.855. The summed E-state index contributed by atoms with van der Waals surface area (Å²) in [6, 6.07) is 7.03. The van der Waals surface area contributed by atoms with Crippen molar-refractivity contribution in [1.29, 1.82) is 5.26 Å². The molecule has 0 fully saturated rings. The monoisotopic (exact) mass is 240 g/mol. The molecule has 1 aromatic carbocycles. The van der Waals surface area contributed by atoms with Gasteiger partial charge in [0.1, 0.15) is 12.1 Å². The second kappa shape index (κ2) is 3.88. The zero-order chi connectivity index (χ0) is 12.7. The number of anilines is 1. The summed E-state index contributed by atoms with van der Waals surface area (Å²) in [5.74, 6) is -0.702. The highest BCUT2D eigenvalue weighted by Gasteiger charge is 2.41. The number of carbonyl (C=O) groups is 1. The van der Waals surface area contributed by atoms with Gasteiger partial charge in [0.25, 0.3) is 0 Å². The van der Waals surface area contributed by atoms with E-state index in [0.29, 0.717) is 11.3 Å². The Kier molecular flexibility index (Phi) is 2.34. The van der Waals surface area contributed by atoms with E-state index in [1.807, 2.05) is 18.2 Å². The fourth-order valence-corrected chi connectivity index (χ4v) is 2.96. The van der Waals surface area contributed by atoms with E-state index < -0.39 is 12.0 Å². The van der Waals surface area contributed by atoms with Crippen molar-refractivity contribution in [2.75, 3.05) is 5.32 Å². The highest BCUT2D eigenvalue weighted by atomic mass is 16.4. The number of carboxylic acids is 1. The molecule has 0 unspecified atom stereocenters. The summed E-state index contributed by atoms with van der Waals surface area (Å²) in [4.78, 5) is 11.3. The lowest BCUT2D eigenvalue weighted by molar-refractivity contribution is -0.139. The van der Waals surface area contributed by atoms with Crippen LogP contribution in [0.2, 0.25) is 0 Å². The van der Waals surface area contributed by atoms with Gasteiger partial charge in [-0.15, -0.1) is 0 Å². The molecule has 0 aromatic heterocycles. The topological polar surface area (TPSA) is 73.1 Å². The molecule has 2 aliphatic rings. The number of nitriles is 1. The highest BCUT2D eigenvalue weighted by molar-refractivity contribution is 5.82. The highest BCUT2D eigenvalue weighted by Crippen LogP contribution is 2.45. The molecule has 18 heavy (non-hydrogen) atoms. The van der Waals surface area contributed by atoms with Crippen LogP contribution in [0.1, 0.15) is 23.5 Å². The van der Waals surface area contributed by atoms with Gasteiger partial charge >= 0.3 is 5.97 Å². The molecule has 4 nitrogen and oxygen atoms in total. The summed E-state index contributed by atoms with van der Waals surface area (Å²) >= 11 is 0. The SMILES string of the molecule is N#Cc1cccc2c1N[C@@H](C(=O)O)[C@@H]1CC=C[C@@H]21. The number of benzene rings is 1. The van der Waals surface area contributed by atoms with Crippen LogP contribution in [-0.4, -0.2) is 17.1 Å². The minimum absolute atomic E-state index is 0.0453. The fourth-order valence-electron chi connectivity index (χ4n) is 2.96. The first-order valence-electron chi connectivity index (χ1n) is 5.91. The van der Waals surface area contributed by atoms with Crippen LogP contribution in [-0.2, 0) is 4.79 Å². The quantitative estimate of drug-likeness (QED) is 0.737. The van der Waals surface area contributed by atoms with Gasteiger partial charge in [-0.05, 0) is 18.1 Å². The van der Waals surface area contributed by atoms with Crippen LogP contribution in [0.4, 0.5) is 5.69 Å². The molecule has 3 rings (SSSR count). The van der Waals surface area contributed by atoms with Gasteiger partial charge in [0.2, 0.25) is 0 Å². The molecule has 3 atom stereocenters. The van der Waals surface area contributed by atoms with Crippen molar-refractivity contribution < 1.29 is 9.90 Å². The van der Waals surface area contributed by atoms with Gasteiger partial charge in [0.05, 0.1) is 11.3 Å². The largest absolute Gasteiger partial charge is 0.480 e. The number of rotatable bonds is 1. The van der Waals surface area contributed by atoms with Gasteiger partial charge in [-0.2, -0.15) is 5.26 Å². The fraction of sp³-hybridized carbons (Fsp3) is 0.286. The molecule has 0 spiro atoms. The third kappa shape index (κ3) is 1.41. The van der Waals surface area contributed by atoms with E-state index in [9.17, 15) is 9.90 Å². The van der Waals surface area contributed by atoms with E-state index in [-0.39, 0.29) is 11.8 Å². The number of nitrogens with zero attached hydrogens (tertiary/aromatic N) is 1. The van der Waals surface area contributed by atoms with E-state index in [1.165, 1.54) is 0 Å². The van der Waals surface area contributed by atoms with Crippen molar-refractivity contribution in [3.8, 4) is 6.07 Å². The third-order valence-corrected chi connectivity index (χ3v) is 3.78. The van der Waals surface area contributed by atoms with Crippen LogP contribution in [0.25, 0.3) is 0 Å². The van der Waals surface area contributed by atoms with E-state index in [2.05, 4.69) is 17.5 Å². The molecular formula is C14H12N2O2. The average molecular weight is 240 g/mol. The van der Waals surface area contributed by atoms with E-state index >= 15 is 0 Å². The summed E-state index contributed by atoms with van der Waals surface area (Å²) in [7, 11) is 0. The maximum Gasteiger partial charge on any atom is 0.326 e. The van der Waals surface area contributed by atoms with Gasteiger partial charge in [-0.25, -0.2) is 4.79 Å². The molecule has 1 aromatic rings. The molecule has 0 saturated carbocycles. The van der Waals surface area contributed by atoms with E-state index in [4.69, 9.17) is 5.26 Å². The predicted octanol–water partition coefficient (Wildman–Crippen LogP) is 2.10. The Morgan fingerprint density at radius 2 is 2.33 bits per heavy atom. The molecule has 0 amide bonds. The standard InChI is InChI=1S/C14H12N2O2/c15-7-8-3-1-5-10-9-4-2-6-11(9)13(14(17)18)16-12(8)10/h1-5,9,11,13,16H,6H2,(H,17,18)/t9-,11+,13+/m0/s1. The maximum atomic E-state index is 11.3. The lowest BCUT2D eigenvalue weighted by Gasteiger charge is -2.35. The zero-order valence-corrected chi connectivity index (χ0v) is 9.63. The summed E-state index contributed by atoms with van der Waals surface area (Å²) < 4.78 is 0. The molecule has 0 saturated heterocycles. The summed E-state index contributed by atoms with van der Waals surface area (Å²) in [5.41, 5.74) is 2.23. The first-order valence-corrected chi connectivity index (χ1v) is 5.91. The average Bonchev–Trinajstić information content (AvgIpc) is 2.86. The van der Waals surface area contributed by atoms with Crippen LogP contribution in [0.3, 0.4) is 0 Å². The number of carboxylic acid groups (broad SMARTS) is 1. The lowest BCUT2D eigenvalue weighted by atomic mass is 9.78. The maximum absolute atomic E-state index is 11.3. The van der Waals surface area contributed by atoms with E-state index in [1.54, 1.807) is 6.07 Å². The molecule has 0 bridgehead atoms. The number of fused-ring (bicyclic) bond motifs is 3. The number of allylic oxidation sites excluding steroid dienone is 2. The first kappa shape index (κ1) is 10.8. The molecule has 1 heterocycles. The van der Waals surface area contributed by atoms with Crippen molar-refractivity contribution >= 4 is 11.7 Å². The summed E-state index contributed by atoms with van der Waals surface area (Å²) in [6.45, 7) is 0. The molecule has 1 aliphatic heterocycles. The van der Waals surface area contributed by atoms with Crippen molar-refractivity contribution in [3.05, 3.63) is 41.5 Å². The Morgan fingerprint density at radius 3 is 3.06 bits per heavy atom. The van der Waals surface area contributed by atoms with Crippen LogP contribution >= 0.6 is 0 Å². The Bertz CT molecular complexity index is 586.